The van der Waals surface area contributed by atoms with Crippen molar-refractivity contribution < 1.29 is 9.47 Å². The molecule has 0 spiro atoms. The number of fused-ring (bicyclic) bond motifs is 1. The van der Waals surface area contributed by atoms with Crippen LogP contribution in [0.25, 0.3) is 11.4 Å². The molecule has 21 heavy (non-hydrogen) atoms. The van der Waals surface area contributed by atoms with Crippen LogP contribution in [0, 0.1) is 6.92 Å². The lowest BCUT2D eigenvalue weighted by Crippen LogP contribution is -2.04. The summed E-state index contributed by atoms with van der Waals surface area (Å²) in [5, 5.41) is 3.13. The van der Waals surface area contributed by atoms with E-state index < -0.39 is 0 Å². The summed E-state index contributed by atoms with van der Waals surface area (Å²) < 4.78 is 11.7. The molecule has 1 aromatic carbocycles. The van der Waals surface area contributed by atoms with Gasteiger partial charge in [0.05, 0.1) is 4.47 Å². The summed E-state index contributed by atoms with van der Waals surface area (Å²) in [6.07, 6.45) is 0.863. The van der Waals surface area contributed by atoms with E-state index in [-0.39, 0.29) is 6.79 Å². The lowest BCUT2D eigenvalue weighted by molar-refractivity contribution is 0.173. The van der Waals surface area contributed by atoms with Crippen molar-refractivity contribution in [2.75, 3.05) is 19.2 Å². The van der Waals surface area contributed by atoms with Crippen LogP contribution in [0.1, 0.15) is 18.2 Å². The van der Waals surface area contributed by atoms with Crippen LogP contribution >= 0.6 is 15.9 Å². The number of hydrogen-bond acceptors (Lipinski definition) is 5. The Labute approximate surface area is 131 Å². The van der Waals surface area contributed by atoms with E-state index in [1.165, 1.54) is 0 Å². The van der Waals surface area contributed by atoms with Gasteiger partial charge in [0.15, 0.2) is 17.3 Å². The third kappa shape index (κ3) is 2.44. The standard InChI is InChI=1S/C15H16BrN3O2/c1-4-11-8(2)14(17-3)19-15(18-11)9-5-10(16)13-12(6-9)20-7-21-13/h5-6H,4,7H2,1-3H3,(H,17,18,19). The van der Waals surface area contributed by atoms with Crippen molar-refractivity contribution in [1.29, 1.82) is 0 Å². The average Bonchev–Trinajstić information content (AvgIpc) is 2.96. The quantitative estimate of drug-likeness (QED) is 0.918. The largest absolute Gasteiger partial charge is 0.454 e. The summed E-state index contributed by atoms with van der Waals surface area (Å²) in [5.41, 5.74) is 3.03. The van der Waals surface area contributed by atoms with Gasteiger partial charge in [-0.25, -0.2) is 9.97 Å². The molecule has 1 aliphatic rings. The Hall–Kier alpha value is -1.82. The van der Waals surface area contributed by atoms with Crippen molar-refractivity contribution >= 4 is 21.7 Å². The molecule has 1 aliphatic heterocycles. The number of rotatable bonds is 3. The fraction of sp³-hybridized carbons (Fsp3) is 0.333. The SMILES string of the molecule is CCc1nc(-c2cc(Br)c3c(c2)OCO3)nc(NC)c1C. The second-order valence-corrected chi connectivity index (χ2v) is 5.62. The van der Waals surface area contributed by atoms with Gasteiger partial charge in [0.1, 0.15) is 5.82 Å². The molecule has 0 saturated heterocycles. The Morgan fingerprint density at radius 3 is 2.81 bits per heavy atom. The zero-order valence-electron chi connectivity index (χ0n) is 12.2. The fourth-order valence-corrected chi connectivity index (χ4v) is 2.93. The minimum atomic E-state index is 0.244. The first-order chi connectivity index (χ1) is 10.1. The third-order valence-corrected chi connectivity index (χ3v) is 4.09. The Kier molecular flexibility index (Phi) is 3.71. The first kappa shape index (κ1) is 14.1. The molecular weight excluding hydrogens is 334 g/mol. The molecule has 0 fully saturated rings. The molecule has 6 heteroatoms. The van der Waals surface area contributed by atoms with Gasteiger partial charge in [0.2, 0.25) is 6.79 Å². The molecule has 0 unspecified atom stereocenters. The van der Waals surface area contributed by atoms with Crippen LogP contribution in [-0.4, -0.2) is 23.8 Å². The van der Waals surface area contributed by atoms with Crippen molar-refractivity contribution in [1.82, 2.24) is 9.97 Å². The number of benzene rings is 1. The van der Waals surface area contributed by atoms with Crippen LogP contribution in [-0.2, 0) is 6.42 Å². The molecule has 0 atom stereocenters. The smallest absolute Gasteiger partial charge is 0.231 e. The molecule has 0 amide bonds. The van der Waals surface area contributed by atoms with Crippen LogP contribution in [0.2, 0.25) is 0 Å². The number of anilines is 1. The normalized spacial score (nSPS) is 12.6. The van der Waals surface area contributed by atoms with Gasteiger partial charge < -0.3 is 14.8 Å². The van der Waals surface area contributed by atoms with Gasteiger partial charge in [-0.2, -0.15) is 0 Å². The highest BCUT2D eigenvalue weighted by Gasteiger charge is 2.20. The highest BCUT2D eigenvalue weighted by molar-refractivity contribution is 9.10. The van der Waals surface area contributed by atoms with Gasteiger partial charge in [0, 0.05) is 23.9 Å². The minimum Gasteiger partial charge on any atom is -0.454 e. The second kappa shape index (κ2) is 5.52. The maximum Gasteiger partial charge on any atom is 0.231 e. The number of aromatic nitrogens is 2. The van der Waals surface area contributed by atoms with E-state index in [9.17, 15) is 0 Å². The third-order valence-electron chi connectivity index (χ3n) is 3.50. The fourth-order valence-electron chi connectivity index (χ4n) is 2.38. The van der Waals surface area contributed by atoms with E-state index in [2.05, 4.69) is 38.1 Å². The molecular formula is C15H16BrN3O2. The summed E-state index contributed by atoms with van der Waals surface area (Å²) in [6.45, 7) is 4.37. The van der Waals surface area contributed by atoms with Gasteiger partial charge >= 0.3 is 0 Å². The van der Waals surface area contributed by atoms with Gasteiger partial charge in [-0.3, -0.25) is 0 Å². The number of nitrogens with zero attached hydrogens (tertiary/aromatic N) is 2. The first-order valence-electron chi connectivity index (χ1n) is 6.78. The number of hydrogen-bond donors (Lipinski definition) is 1. The minimum absolute atomic E-state index is 0.244. The van der Waals surface area contributed by atoms with Crippen molar-refractivity contribution in [3.8, 4) is 22.9 Å². The molecule has 1 N–H and O–H groups in total. The molecule has 0 saturated carbocycles. The summed E-state index contributed by atoms with van der Waals surface area (Å²) >= 11 is 3.50. The van der Waals surface area contributed by atoms with E-state index in [0.29, 0.717) is 11.6 Å². The Morgan fingerprint density at radius 2 is 2.10 bits per heavy atom. The van der Waals surface area contributed by atoms with Crippen LogP contribution in [0.5, 0.6) is 11.5 Å². The van der Waals surface area contributed by atoms with Gasteiger partial charge in [-0.05, 0) is 41.4 Å². The highest BCUT2D eigenvalue weighted by Crippen LogP contribution is 2.42. The summed E-state index contributed by atoms with van der Waals surface area (Å²) in [6, 6.07) is 3.87. The van der Waals surface area contributed by atoms with Crippen molar-refractivity contribution in [2.45, 2.75) is 20.3 Å². The van der Waals surface area contributed by atoms with E-state index >= 15 is 0 Å². The van der Waals surface area contributed by atoms with Gasteiger partial charge in [0.25, 0.3) is 0 Å². The molecule has 0 bridgehead atoms. The molecule has 1 aromatic heterocycles. The van der Waals surface area contributed by atoms with E-state index in [1.807, 2.05) is 26.1 Å². The number of ether oxygens (including phenoxy) is 2. The lowest BCUT2D eigenvalue weighted by Gasteiger charge is -2.12. The van der Waals surface area contributed by atoms with Gasteiger partial charge in [-0.15, -0.1) is 0 Å². The van der Waals surface area contributed by atoms with Crippen molar-refractivity contribution in [3.05, 3.63) is 27.9 Å². The molecule has 0 aliphatic carbocycles. The predicted molar refractivity (Wildman–Crippen MR) is 85.0 cm³/mol. The lowest BCUT2D eigenvalue weighted by atomic mass is 10.1. The van der Waals surface area contributed by atoms with E-state index in [1.54, 1.807) is 0 Å². The number of nitrogens with one attached hydrogen (secondary N) is 1. The summed E-state index contributed by atoms with van der Waals surface area (Å²) in [5.74, 6) is 2.98. The molecule has 3 rings (SSSR count). The highest BCUT2D eigenvalue weighted by atomic mass is 79.9. The molecule has 2 heterocycles. The summed E-state index contributed by atoms with van der Waals surface area (Å²) in [7, 11) is 1.87. The summed E-state index contributed by atoms with van der Waals surface area (Å²) in [4.78, 5) is 9.26. The average molecular weight is 350 g/mol. The molecule has 0 radical (unpaired) electrons. The van der Waals surface area contributed by atoms with E-state index in [4.69, 9.17) is 9.47 Å². The zero-order valence-corrected chi connectivity index (χ0v) is 13.7. The second-order valence-electron chi connectivity index (χ2n) is 4.76. The maximum atomic E-state index is 5.45. The Morgan fingerprint density at radius 1 is 1.29 bits per heavy atom. The van der Waals surface area contributed by atoms with Crippen molar-refractivity contribution in [2.24, 2.45) is 0 Å². The topological polar surface area (TPSA) is 56.3 Å². The van der Waals surface area contributed by atoms with Gasteiger partial charge in [-0.1, -0.05) is 6.92 Å². The number of halogens is 1. The van der Waals surface area contributed by atoms with Crippen molar-refractivity contribution in [3.63, 3.8) is 0 Å². The molecule has 2 aromatic rings. The molecule has 5 nitrogen and oxygen atoms in total. The number of aryl methyl sites for hydroxylation is 1. The van der Waals surface area contributed by atoms with E-state index in [0.717, 1.165) is 39.3 Å². The first-order valence-corrected chi connectivity index (χ1v) is 7.58. The van der Waals surface area contributed by atoms with Crippen LogP contribution in [0.15, 0.2) is 16.6 Å². The Balaban J connectivity index is 2.14. The van der Waals surface area contributed by atoms with Crippen LogP contribution in [0.3, 0.4) is 0 Å². The predicted octanol–water partition coefficient (Wildman–Crippen LogP) is 3.55. The van der Waals surface area contributed by atoms with Crippen LogP contribution in [0.4, 0.5) is 5.82 Å². The zero-order chi connectivity index (χ0) is 15.0. The Bertz CT molecular complexity index is 679. The maximum absolute atomic E-state index is 5.45. The molecule has 110 valence electrons. The monoisotopic (exact) mass is 349 g/mol. The van der Waals surface area contributed by atoms with Crippen LogP contribution < -0.4 is 14.8 Å².